The predicted octanol–water partition coefficient (Wildman–Crippen LogP) is 2.84. The third-order valence-electron chi connectivity index (χ3n) is 3.89. The fourth-order valence-electron chi connectivity index (χ4n) is 2.41. The molecule has 1 amide bonds. The second-order valence-corrected chi connectivity index (χ2v) is 6.03. The zero-order valence-corrected chi connectivity index (χ0v) is 11.5. The Balaban J connectivity index is 2.13. The van der Waals surface area contributed by atoms with Crippen LogP contribution in [0.2, 0.25) is 0 Å². The Labute approximate surface area is 109 Å². The highest BCUT2D eigenvalue weighted by Gasteiger charge is 2.28. The van der Waals surface area contributed by atoms with E-state index in [1.807, 2.05) is 24.0 Å². The average molecular weight is 246 g/mol. The quantitative estimate of drug-likeness (QED) is 0.774. The van der Waals surface area contributed by atoms with Crippen LogP contribution in [0, 0.1) is 12.3 Å². The summed E-state index contributed by atoms with van der Waals surface area (Å²) in [5.41, 5.74) is 8.54. The Kier molecular flexibility index (Phi) is 3.33. The Morgan fingerprint density at radius 2 is 1.89 bits per heavy atom. The first-order chi connectivity index (χ1) is 8.39. The van der Waals surface area contributed by atoms with Gasteiger partial charge in [0.05, 0.1) is 0 Å². The van der Waals surface area contributed by atoms with Gasteiger partial charge < -0.3 is 10.6 Å². The summed E-state index contributed by atoms with van der Waals surface area (Å²) in [7, 11) is 0. The van der Waals surface area contributed by atoms with E-state index in [0.717, 1.165) is 37.1 Å². The maximum absolute atomic E-state index is 12.4. The summed E-state index contributed by atoms with van der Waals surface area (Å²) in [6.45, 7) is 8.19. The molecule has 18 heavy (non-hydrogen) atoms. The van der Waals surface area contributed by atoms with Gasteiger partial charge in [0.25, 0.3) is 5.91 Å². The number of carbonyl (C=O) groups is 1. The second kappa shape index (κ2) is 4.63. The number of likely N-dealkylation sites (tertiary alicyclic amines) is 1. The molecule has 98 valence electrons. The fourth-order valence-corrected chi connectivity index (χ4v) is 2.41. The summed E-state index contributed by atoms with van der Waals surface area (Å²) in [6.07, 6.45) is 2.15. The minimum atomic E-state index is 0.142. The van der Waals surface area contributed by atoms with Crippen LogP contribution in [-0.2, 0) is 0 Å². The van der Waals surface area contributed by atoms with Crippen molar-refractivity contribution in [2.45, 2.75) is 33.6 Å². The molecule has 1 aromatic carbocycles. The number of nitrogen functional groups attached to an aromatic ring is 1. The molecule has 1 heterocycles. The van der Waals surface area contributed by atoms with Gasteiger partial charge >= 0.3 is 0 Å². The first-order valence-electron chi connectivity index (χ1n) is 6.54. The summed E-state index contributed by atoms with van der Waals surface area (Å²) in [4.78, 5) is 14.4. The molecule has 0 atom stereocenters. The fraction of sp³-hybridized carbons (Fsp3) is 0.533. The molecule has 1 aliphatic rings. The van der Waals surface area contributed by atoms with E-state index >= 15 is 0 Å². The minimum absolute atomic E-state index is 0.142. The normalized spacial score (nSPS) is 18.7. The summed E-state index contributed by atoms with van der Waals surface area (Å²) in [5, 5.41) is 0. The van der Waals surface area contributed by atoms with Gasteiger partial charge in [-0.15, -0.1) is 0 Å². The van der Waals surface area contributed by atoms with Crippen LogP contribution in [0.25, 0.3) is 0 Å². The minimum Gasteiger partial charge on any atom is -0.399 e. The van der Waals surface area contributed by atoms with Crippen LogP contribution in [-0.4, -0.2) is 23.9 Å². The van der Waals surface area contributed by atoms with Crippen LogP contribution < -0.4 is 5.73 Å². The monoisotopic (exact) mass is 246 g/mol. The smallest absolute Gasteiger partial charge is 0.254 e. The molecule has 0 aromatic heterocycles. The predicted molar refractivity (Wildman–Crippen MR) is 74.5 cm³/mol. The Morgan fingerprint density at radius 1 is 1.28 bits per heavy atom. The molecule has 1 aliphatic heterocycles. The maximum Gasteiger partial charge on any atom is 0.254 e. The van der Waals surface area contributed by atoms with E-state index in [1.165, 1.54) is 0 Å². The van der Waals surface area contributed by atoms with Gasteiger partial charge in [-0.05, 0) is 48.9 Å². The molecule has 0 spiro atoms. The Hall–Kier alpha value is -1.51. The number of hydrogen-bond donors (Lipinski definition) is 1. The van der Waals surface area contributed by atoms with E-state index in [0.29, 0.717) is 11.1 Å². The van der Waals surface area contributed by atoms with E-state index in [-0.39, 0.29) is 5.91 Å². The van der Waals surface area contributed by atoms with Crippen molar-refractivity contribution in [1.82, 2.24) is 4.90 Å². The molecule has 0 saturated carbocycles. The van der Waals surface area contributed by atoms with Crippen molar-refractivity contribution in [2.24, 2.45) is 5.41 Å². The SMILES string of the molecule is Cc1cc(N)ccc1C(=O)N1CCC(C)(C)CC1. The molecule has 3 nitrogen and oxygen atoms in total. The van der Waals surface area contributed by atoms with Gasteiger partial charge in [-0.1, -0.05) is 13.8 Å². The molecule has 1 saturated heterocycles. The molecule has 0 unspecified atom stereocenters. The number of nitrogens with two attached hydrogens (primary N) is 1. The van der Waals surface area contributed by atoms with Crippen molar-refractivity contribution in [3.05, 3.63) is 29.3 Å². The topological polar surface area (TPSA) is 46.3 Å². The van der Waals surface area contributed by atoms with Crippen molar-refractivity contribution in [2.75, 3.05) is 18.8 Å². The molecule has 0 bridgehead atoms. The third-order valence-corrected chi connectivity index (χ3v) is 3.89. The van der Waals surface area contributed by atoms with Crippen molar-refractivity contribution < 1.29 is 4.79 Å². The highest BCUT2D eigenvalue weighted by atomic mass is 16.2. The largest absolute Gasteiger partial charge is 0.399 e. The lowest BCUT2D eigenvalue weighted by atomic mass is 9.82. The Morgan fingerprint density at radius 3 is 2.44 bits per heavy atom. The number of aryl methyl sites for hydroxylation is 1. The molecule has 0 aliphatic carbocycles. The molecule has 2 rings (SSSR count). The van der Waals surface area contributed by atoms with E-state index in [2.05, 4.69) is 13.8 Å². The first kappa shape index (κ1) is 12.9. The number of benzene rings is 1. The summed E-state index contributed by atoms with van der Waals surface area (Å²) in [6, 6.07) is 5.50. The molecule has 1 aromatic rings. The third kappa shape index (κ3) is 2.66. The van der Waals surface area contributed by atoms with Crippen molar-refractivity contribution in [3.63, 3.8) is 0 Å². The second-order valence-electron chi connectivity index (χ2n) is 6.03. The van der Waals surface area contributed by atoms with Gasteiger partial charge in [0.2, 0.25) is 0 Å². The van der Waals surface area contributed by atoms with E-state index in [4.69, 9.17) is 5.73 Å². The van der Waals surface area contributed by atoms with Crippen LogP contribution in [0.15, 0.2) is 18.2 Å². The number of nitrogens with zero attached hydrogens (tertiary/aromatic N) is 1. The first-order valence-corrected chi connectivity index (χ1v) is 6.54. The van der Waals surface area contributed by atoms with Crippen molar-refractivity contribution in [3.8, 4) is 0 Å². The zero-order chi connectivity index (χ0) is 13.3. The van der Waals surface area contributed by atoms with Gasteiger partial charge in [-0.25, -0.2) is 0 Å². The molecule has 3 heteroatoms. The standard InChI is InChI=1S/C15H22N2O/c1-11-10-12(16)4-5-13(11)14(18)17-8-6-15(2,3)7-9-17/h4-5,10H,6-9,16H2,1-3H3. The number of amides is 1. The number of hydrogen-bond acceptors (Lipinski definition) is 2. The number of carbonyl (C=O) groups excluding carboxylic acids is 1. The average Bonchev–Trinajstić information content (AvgIpc) is 2.28. The van der Waals surface area contributed by atoms with Gasteiger partial charge in [-0.2, -0.15) is 0 Å². The van der Waals surface area contributed by atoms with Gasteiger partial charge in [0.15, 0.2) is 0 Å². The lowest BCUT2D eigenvalue weighted by molar-refractivity contribution is 0.0629. The van der Waals surface area contributed by atoms with Gasteiger partial charge in [-0.3, -0.25) is 4.79 Å². The highest BCUT2D eigenvalue weighted by molar-refractivity contribution is 5.96. The van der Waals surface area contributed by atoms with Crippen molar-refractivity contribution in [1.29, 1.82) is 0 Å². The van der Waals surface area contributed by atoms with Crippen LogP contribution in [0.3, 0.4) is 0 Å². The maximum atomic E-state index is 12.4. The van der Waals surface area contributed by atoms with E-state index in [1.54, 1.807) is 6.07 Å². The molecule has 1 fully saturated rings. The summed E-state index contributed by atoms with van der Waals surface area (Å²) in [5.74, 6) is 0.142. The Bertz CT molecular complexity index is 456. The number of rotatable bonds is 1. The molecular formula is C15H22N2O. The highest BCUT2D eigenvalue weighted by Crippen LogP contribution is 2.30. The van der Waals surface area contributed by atoms with Crippen LogP contribution in [0.1, 0.15) is 42.6 Å². The molecule has 2 N–H and O–H groups in total. The van der Waals surface area contributed by atoms with E-state index in [9.17, 15) is 4.79 Å². The lowest BCUT2D eigenvalue weighted by Crippen LogP contribution is -2.41. The van der Waals surface area contributed by atoms with Gasteiger partial charge in [0, 0.05) is 24.3 Å². The number of piperidine rings is 1. The zero-order valence-electron chi connectivity index (χ0n) is 11.5. The van der Waals surface area contributed by atoms with E-state index < -0.39 is 0 Å². The summed E-state index contributed by atoms with van der Waals surface area (Å²) >= 11 is 0. The van der Waals surface area contributed by atoms with Crippen molar-refractivity contribution >= 4 is 11.6 Å². The number of anilines is 1. The lowest BCUT2D eigenvalue weighted by Gasteiger charge is -2.37. The van der Waals surface area contributed by atoms with Crippen LogP contribution in [0.5, 0.6) is 0 Å². The van der Waals surface area contributed by atoms with Gasteiger partial charge in [0.1, 0.15) is 0 Å². The summed E-state index contributed by atoms with van der Waals surface area (Å²) < 4.78 is 0. The van der Waals surface area contributed by atoms with Crippen LogP contribution in [0.4, 0.5) is 5.69 Å². The molecule has 0 radical (unpaired) electrons. The van der Waals surface area contributed by atoms with Crippen LogP contribution >= 0.6 is 0 Å². The molecular weight excluding hydrogens is 224 g/mol.